The van der Waals surface area contributed by atoms with E-state index in [2.05, 4.69) is 77.8 Å². The van der Waals surface area contributed by atoms with Gasteiger partial charge in [0.25, 0.3) is 0 Å². The van der Waals surface area contributed by atoms with Crippen LogP contribution in [0.1, 0.15) is 33.1 Å². The van der Waals surface area contributed by atoms with Crippen LogP contribution in [0.4, 0.5) is 0 Å². The number of nitrogens with zero attached hydrogens (tertiary/aromatic N) is 1. The monoisotopic (exact) mass is 420 g/mol. The van der Waals surface area contributed by atoms with Gasteiger partial charge in [0.1, 0.15) is 0 Å². The van der Waals surface area contributed by atoms with Gasteiger partial charge in [-0.05, 0) is 56.9 Å². The zero-order valence-electron chi connectivity index (χ0n) is 18.9. The maximum absolute atomic E-state index is 10.2. The molecule has 3 aliphatic rings. The zero-order chi connectivity index (χ0) is 22.1. The molecule has 0 aromatic carbocycles. The Balaban J connectivity index is 2.14. The summed E-state index contributed by atoms with van der Waals surface area (Å²) in [5.74, 6) is 0.116. The largest absolute Gasteiger partial charge is 0.392 e. The average Bonchev–Trinajstić information content (AvgIpc) is 2.96. The molecule has 0 saturated carbocycles. The van der Waals surface area contributed by atoms with E-state index in [9.17, 15) is 5.11 Å². The van der Waals surface area contributed by atoms with Gasteiger partial charge >= 0.3 is 0 Å². The van der Waals surface area contributed by atoms with Gasteiger partial charge in [0.05, 0.1) is 25.2 Å². The first-order valence-corrected chi connectivity index (χ1v) is 11.3. The minimum Gasteiger partial charge on any atom is -0.392 e. The standard InChI is InChI=1S/C26H36N4O/c1-4-5-17-28-19(2)25-24(20-13-9-7-6-8-10-14-20)26(30-27-3)23-21(18-31)15-11-12-16-22(23)29-25/h4-7,9,11,13-16,24-27,29-31H,8,10,12,17-18H2,1-3H3/b5-4?,7-6+,13-9-,20-14+,28-19?. The first-order valence-electron chi connectivity index (χ1n) is 11.3. The van der Waals surface area contributed by atoms with Crippen LogP contribution in [0, 0.1) is 5.92 Å². The molecule has 1 saturated heterocycles. The normalized spacial score (nSPS) is 30.5. The molecule has 0 aromatic rings. The molecule has 31 heavy (non-hydrogen) atoms. The summed E-state index contributed by atoms with van der Waals surface area (Å²) < 4.78 is 0. The molecule has 2 aliphatic carbocycles. The van der Waals surface area contributed by atoms with Gasteiger partial charge in [0, 0.05) is 17.3 Å². The first kappa shape index (κ1) is 23.2. The maximum atomic E-state index is 10.2. The Hall–Kier alpha value is -2.47. The number of aliphatic hydroxyl groups excluding tert-OH is 1. The second-order valence-electron chi connectivity index (χ2n) is 7.99. The van der Waals surface area contributed by atoms with Crippen LogP contribution < -0.4 is 16.2 Å². The summed E-state index contributed by atoms with van der Waals surface area (Å²) in [6.07, 6.45) is 24.4. The second kappa shape index (κ2) is 11.8. The van der Waals surface area contributed by atoms with Crippen molar-refractivity contribution in [3.05, 3.63) is 83.2 Å². The lowest BCUT2D eigenvalue weighted by Crippen LogP contribution is -2.59. The molecule has 0 amide bonds. The highest BCUT2D eigenvalue weighted by Crippen LogP contribution is 2.37. The first-order chi connectivity index (χ1) is 15.2. The fourth-order valence-electron chi connectivity index (χ4n) is 4.51. The van der Waals surface area contributed by atoms with Crippen LogP contribution in [-0.4, -0.2) is 43.1 Å². The fourth-order valence-corrected chi connectivity index (χ4v) is 4.51. The van der Waals surface area contributed by atoms with Gasteiger partial charge < -0.3 is 10.4 Å². The number of hydrogen-bond acceptors (Lipinski definition) is 5. The third kappa shape index (κ3) is 5.62. The van der Waals surface area contributed by atoms with Gasteiger partial charge in [-0.15, -0.1) is 0 Å². The Kier molecular flexibility index (Phi) is 8.83. The van der Waals surface area contributed by atoms with Crippen molar-refractivity contribution in [3.8, 4) is 0 Å². The molecule has 5 nitrogen and oxygen atoms in total. The number of fused-ring (bicyclic) bond motifs is 1. The van der Waals surface area contributed by atoms with Crippen molar-refractivity contribution in [2.24, 2.45) is 10.9 Å². The van der Waals surface area contributed by atoms with E-state index in [1.54, 1.807) is 0 Å². The van der Waals surface area contributed by atoms with E-state index < -0.39 is 0 Å². The molecule has 166 valence electrons. The van der Waals surface area contributed by atoms with Crippen molar-refractivity contribution >= 4 is 5.71 Å². The molecule has 0 spiro atoms. The molecule has 3 atom stereocenters. The van der Waals surface area contributed by atoms with Crippen molar-refractivity contribution in [2.45, 2.75) is 45.2 Å². The number of aliphatic hydroxyl groups is 1. The smallest absolute Gasteiger partial charge is 0.0726 e. The van der Waals surface area contributed by atoms with Gasteiger partial charge in [-0.1, -0.05) is 60.8 Å². The van der Waals surface area contributed by atoms with E-state index >= 15 is 0 Å². The van der Waals surface area contributed by atoms with Crippen molar-refractivity contribution in [1.29, 1.82) is 0 Å². The molecular formula is C26H36N4O. The third-order valence-corrected chi connectivity index (χ3v) is 5.99. The van der Waals surface area contributed by atoms with Crippen LogP contribution in [0.25, 0.3) is 0 Å². The number of hydrazine groups is 1. The highest BCUT2D eigenvalue weighted by atomic mass is 16.3. The summed E-state index contributed by atoms with van der Waals surface area (Å²) in [6.45, 7) is 4.83. The number of hydrogen-bond donors (Lipinski definition) is 4. The number of allylic oxidation sites excluding steroid dienone is 8. The lowest BCUT2D eigenvalue weighted by molar-refractivity contribution is 0.317. The molecule has 3 rings (SSSR count). The van der Waals surface area contributed by atoms with E-state index in [1.807, 2.05) is 20.0 Å². The Labute approximate surface area is 186 Å². The molecular weight excluding hydrogens is 384 g/mol. The molecule has 0 aromatic heterocycles. The van der Waals surface area contributed by atoms with Gasteiger partial charge in [-0.25, -0.2) is 5.43 Å². The zero-order valence-corrected chi connectivity index (χ0v) is 18.9. The Morgan fingerprint density at radius 3 is 2.87 bits per heavy atom. The van der Waals surface area contributed by atoms with E-state index in [-0.39, 0.29) is 24.6 Å². The van der Waals surface area contributed by atoms with Crippen LogP contribution in [-0.2, 0) is 0 Å². The van der Waals surface area contributed by atoms with Crippen molar-refractivity contribution in [2.75, 3.05) is 20.2 Å². The highest BCUT2D eigenvalue weighted by molar-refractivity contribution is 5.89. The van der Waals surface area contributed by atoms with E-state index in [0.29, 0.717) is 6.54 Å². The molecule has 1 aliphatic heterocycles. The molecule has 5 heteroatoms. The molecule has 0 bridgehead atoms. The fraction of sp³-hybridized carbons (Fsp3) is 0.423. The number of piperidine rings is 1. The van der Waals surface area contributed by atoms with E-state index in [0.717, 1.165) is 41.8 Å². The SMILES string of the molecule is CC=CCN=C(C)C1NC2=CCC=CC(CO)=C2C(NNC)C1C1=C/CC/C=C/C=C\1. The quantitative estimate of drug-likeness (QED) is 0.288. The molecule has 4 N–H and O–H groups in total. The van der Waals surface area contributed by atoms with Gasteiger partial charge in [-0.2, -0.15) is 0 Å². The van der Waals surface area contributed by atoms with E-state index in [1.165, 1.54) is 5.57 Å². The second-order valence-corrected chi connectivity index (χ2v) is 7.99. The topological polar surface area (TPSA) is 68.7 Å². The van der Waals surface area contributed by atoms with Crippen LogP contribution in [0.2, 0.25) is 0 Å². The number of rotatable bonds is 7. The number of aliphatic imine (C=N–C) groups is 1. The lowest BCUT2D eigenvalue weighted by Gasteiger charge is -2.44. The van der Waals surface area contributed by atoms with Crippen LogP contribution in [0.5, 0.6) is 0 Å². The van der Waals surface area contributed by atoms with Gasteiger partial charge in [0.2, 0.25) is 0 Å². The lowest BCUT2D eigenvalue weighted by atomic mass is 9.73. The van der Waals surface area contributed by atoms with Crippen LogP contribution in [0.15, 0.2) is 88.2 Å². The van der Waals surface area contributed by atoms with Crippen LogP contribution >= 0.6 is 0 Å². The summed E-state index contributed by atoms with van der Waals surface area (Å²) in [6, 6.07) is 0.0297. The minimum atomic E-state index is -0.0152. The number of nitrogens with one attached hydrogen (secondary N) is 3. The van der Waals surface area contributed by atoms with Crippen molar-refractivity contribution < 1.29 is 5.11 Å². The Morgan fingerprint density at radius 2 is 2.10 bits per heavy atom. The van der Waals surface area contributed by atoms with Gasteiger partial charge in [-0.3, -0.25) is 10.4 Å². The third-order valence-electron chi connectivity index (χ3n) is 5.99. The molecule has 1 fully saturated rings. The van der Waals surface area contributed by atoms with Gasteiger partial charge in [0.15, 0.2) is 0 Å². The summed E-state index contributed by atoms with van der Waals surface area (Å²) in [5.41, 5.74) is 12.2. The maximum Gasteiger partial charge on any atom is 0.0726 e. The predicted molar refractivity (Wildman–Crippen MR) is 131 cm³/mol. The average molecular weight is 421 g/mol. The summed E-state index contributed by atoms with van der Waals surface area (Å²) >= 11 is 0. The highest BCUT2D eigenvalue weighted by Gasteiger charge is 2.42. The van der Waals surface area contributed by atoms with Crippen LogP contribution in [0.3, 0.4) is 0 Å². The minimum absolute atomic E-state index is 0.0100. The van der Waals surface area contributed by atoms with Crippen molar-refractivity contribution in [1.82, 2.24) is 16.2 Å². The Bertz CT molecular complexity index is 870. The van der Waals surface area contributed by atoms with Crippen molar-refractivity contribution in [3.63, 3.8) is 0 Å². The molecule has 0 radical (unpaired) electrons. The predicted octanol–water partition coefficient (Wildman–Crippen LogP) is 3.67. The summed E-state index contributed by atoms with van der Waals surface area (Å²) in [4.78, 5) is 4.86. The summed E-state index contributed by atoms with van der Waals surface area (Å²) in [7, 11) is 1.90. The van der Waals surface area contributed by atoms with E-state index in [4.69, 9.17) is 4.99 Å². The molecule has 1 heterocycles. The Morgan fingerprint density at radius 1 is 1.23 bits per heavy atom. The summed E-state index contributed by atoms with van der Waals surface area (Å²) in [5, 5.41) is 14.0. The molecule has 3 unspecified atom stereocenters.